The molecule has 1 rings (SSSR count). The van der Waals surface area contributed by atoms with Gasteiger partial charge in [-0.1, -0.05) is 6.92 Å². The molecule has 0 radical (unpaired) electrons. The third-order valence-corrected chi connectivity index (χ3v) is 2.56. The summed E-state index contributed by atoms with van der Waals surface area (Å²) in [5.41, 5.74) is 2.29. The Bertz CT molecular complexity index is 296. The molecule has 0 saturated carbocycles. The number of aliphatic hydroxyl groups is 1. The van der Waals surface area contributed by atoms with Crippen molar-refractivity contribution >= 4 is 0 Å². The molecule has 1 aromatic heterocycles. The number of rotatable bonds is 6. The fourth-order valence-corrected chi connectivity index (χ4v) is 1.68. The first-order valence-corrected chi connectivity index (χ1v) is 5.50. The Hall–Kier alpha value is -0.870. The molecule has 0 bridgehead atoms. The summed E-state index contributed by atoms with van der Waals surface area (Å²) in [6, 6.07) is 2.11. The monoisotopic (exact) mass is 211 g/mol. The lowest BCUT2D eigenvalue weighted by Gasteiger charge is -2.19. The largest absolute Gasteiger partial charge is 0.396 e. The molecular weight excluding hydrogens is 190 g/mol. The molecule has 15 heavy (non-hydrogen) atoms. The van der Waals surface area contributed by atoms with Crippen LogP contribution < -0.4 is 0 Å². The van der Waals surface area contributed by atoms with Crippen LogP contribution in [0.4, 0.5) is 0 Å². The maximum Gasteiger partial charge on any atom is 0.0597 e. The van der Waals surface area contributed by atoms with Gasteiger partial charge in [-0.15, -0.1) is 0 Å². The van der Waals surface area contributed by atoms with Gasteiger partial charge in [-0.05, 0) is 26.0 Å². The van der Waals surface area contributed by atoms with E-state index in [1.54, 1.807) is 0 Å². The number of aliphatic hydroxyl groups excluding tert-OH is 1. The van der Waals surface area contributed by atoms with Gasteiger partial charge in [0.1, 0.15) is 0 Å². The molecule has 0 saturated heterocycles. The van der Waals surface area contributed by atoms with Crippen LogP contribution >= 0.6 is 0 Å². The molecular formula is C11H21N3O. The van der Waals surface area contributed by atoms with E-state index in [9.17, 15) is 0 Å². The Morgan fingerprint density at radius 3 is 2.73 bits per heavy atom. The van der Waals surface area contributed by atoms with Gasteiger partial charge in [0, 0.05) is 26.7 Å². The Morgan fingerprint density at radius 1 is 1.53 bits per heavy atom. The minimum Gasteiger partial charge on any atom is -0.396 e. The molecule has 0 aliphatic rings. The highest BCUT2D eigenvalue weighted by Crippen LogP contribution is 2.06. The lowest BCUT2D eigenvalue weighted by Crippen LogP contribution is -2.25. The summed E-state index contributed by atoms with van der Waals surface area (Å²) in [5.74, 6) is 0. The second-order valence-electron chi connectivity index (χ2n) is 3.85. The van der Waals surface area contributed by atoms with Crippen molar-refractivity contribution in [1.29, 1.82) is 0 Å². The van der Waals surface area contributed by atoms with Crippen LogP contribution in [0.2, 0.25) is 0 Å². The molecule has 0 atom stereocenters. The number of hydrogen-bond donors (Lipinski definition) is 1. The molecule has 4 heteroatoms. The van der Waals surface area contributed by atoms with Crippen molar-refractivity contribution in [3.63, 3.8) is 0 Å². The quantitative estimate of drug-likeness (QED) is 0.761. The molecule has 86 valence electrons. The maximum atomic E-state index is 8.79. The van der Waals surface area contributed by atoms with E-state index in [1.807, 2.05) is 18.7 Å². The van der Waals surface area contributed by atoms with Gasteiger partial charge in [0.25, 0.3) is 0 Å². The molecule has 0 aromatic carbocycles. The molecule has 1 heterocycles. The van der Waals surface area contributed by atoms with E-state index in [-0.39, 0.29) is 6.61 Å². The summed E-state index contributed by atoms with van der Waals surface area (Å²) in [4.78, 5) is 2.31. The van der Waals surface area contributed by atoms with Crippen molar-refractivity contribution in [3.8, 4) is 0 Å². The van der Waals surface area contributed by atoms with Crippen molar-refractivity contribution in [2.24, 2.45) is 7.05 Å². The lowest BCUT2D eigenvalue weighted by atomic mass is 10.3. The summed E-state index contributed by atoms with van der Waals surface area (Å²) in [7, 11) is 1.97. The van der Waals surface area contributed by atoms with Crippen LogP contribution in [-0.2, 0) is 13.6 Å². The number of aromatic nitrogens is 2. The molecule has 0 amide bonds. The molecule has 0 aliphatic carbocycles. The van der Waals surface area contributed by atoms with E-state index in [0.717, 1.165) is 31.7 Å². The van der Waals surface area contributed by atoms with Crippen LogP contribution in [0.5, 0.6) is 0 Å². The van der Waals surface area contributed by atoms with Crippen LogP contribution in [0.25, 0.3) is 0 Å². The average molecular weight is 211 g/mol. The average Bonchev–Trinajstić information content (AvgIpc) is 2.52. The van der Waals surface area contributed by atoms with Gasteiger partial charge in [-0.25, -0.2) is 0 Å². The second kappa shape index (κ2) is 5.88. The van der Waals surface area contributed by atoms with Crippen molar-refractivity contribution in [1.82, 2.24) is 14.7 Å². The molecule has 0 unspecified atom stereocenters. The molecule has 0 fully saturated rings. The maximum absolute atomic E-state index is 8.79. The summed E-state index contributed by atoms with van der Waals surface area (Å²) < 4.78 is 1.93. The smallest absolute Gasteiger partial charge is 0.0597 e. The van der Waals surface area contributed by atoms with E-state index in [2.05, 4.69) is 23.0 Å². The number of hydrogen-bond acceptors (Lipinski definition) is 3. The van der Waals surface area contributed by atoms with Crippen LogP contribution in [0, 0.1) is 6.92 Å². The van der Waals surface area contributed by atoms with E-state index in [0.29, 0.717) is 0 Å². The van der Waals surface area contributed by atoms with E-state index < -0.39 is 0 Å². The van der Waals surface area contributed by atoms with Gasteiger partial charge in [-0.2, -0.15) is 5.10 Å². The fourth-order valence-electron chi connectivity index (χ4n) is 1.68. The Kier molecular flexibility index (Phi) is 4.78. The minimum absolute atomic E-state index is 0.265. The third-order valence-electron chi connectivity index (χ3n) is 2.56. The van der Waals surface area contributed by atoms with Crippen molar-refractivity contribution in [3.05, 3.63) is 17.5 Å². The van der Waals surface area contributed by atoms with Gasteiger partial charge >= 0.3 is 0 Å². The van der Waals surface area contributed by atoms with E-state index in [4.69, 9.17) is 5.11 Å². The van der Waals surface area contributed by atoms with Gasteiger partial charge in [0.05, 0.1) is 11.4 Å². The zero-order chi connectivity index (χ0) is 11.3. The zero-order valence-electron chi connectivity index (χ0n) is 9.90. The standard InChI is InChI=1S/C11H21N3O/c1-4-14(6-5-7-15)9-11-8-10(2)12-13(11)3/h8,15H,4-7,9H2,1-3H3. The summed E-state index contributed by atoms with van der Waals surface area (Å²) in [5, 5.41) is 13.1. The summed E-state index contributed by atoms with van der Waals surface area (Å²) in [6.45, 7) is 7.27. The van der Waals surface area contributed by atoms with E-state index in [1.165, 1.54) is 5.69 Å². The summed E-state index contributed by atoms with van der Waals surface area (Å²) >= 11 is 0. The zero-order valence-corrected chi connectivity index (χ0v) is 9.90. The highest BCUT2D eigenvalue weighted by Gasteiger charge is 2.07. The molecule has 4 nitrogen and oxygen atoms in total. The van der Waals surface area contributed by atoms with Gasteiger partial charge in [0.2, 0.25) is 0 Å². The highest BCUT2D eigenvalue weighted by atomic mass is 16.3. The van der Waals surface area contributed by atoms with Crippen molar-refractivity contribution in [2.45, 2.75) is 26.8 Å². The van der Waals surface area contributed by atoms with Gasteiger partial charge in [-0.3, -0.25) is 9.58 Å². The molecule has 0 spiro atoms. The van der Waals surface area contributed by atoms with Crippen molar-refractivity contribution in [2.75, 3.05) is 19.7 Å². The normalized spacial score (nSPS) is 11.3. The lowest BCUT2D eigenvalue weighted by molar-refractivity contribution is 0.222. The first-order chi connectivity index (χ1) is 7.17. The summed E-state index contributed by atoms with van der Waals surface area (Å²) in [6.07, 6.45) is 0.838. The Morgan fingerprint density at radius 2 is 2.27 bits per heavy atom. The van der Waals surface area contributed by atoms with Crippen LogP contribution in [0.15, 0.2) is 6.07 Å². The topological polar surface area (TPSA) is 41.3 Å². The van der Waals surface area contributed by atoms with Crippen LogP contribution in [0.1, 0.15) is 24.7 Å². The third kappa shape index (κ3) is 3.64. The molecule has 0 aliphatic heterocycles. The number of aryl methyl sites for hydroxylation is 2. The first-order valence-electron chi connectivity index (χ1n) is 5.50. The Balaban J connectivity index is 2.54. The predicted octanol–water partition coefficient (Wildman–Crippen LogP) is 0.933. The fraction of sp³-hybridized carbons (Fsp3) is 0.727. The first kappa shape index (κ1) is 12.2. The SMILES string of the molecule is CCN(CCCO)Cc1cc(C)nn1C. The second-order valence-corrected chi connectivity index (χ2v) is 3.85. The van der Waals surface area contributed by atoms with Gasteiger partial charge < -0.3 is 5.11 Å². The molecule has 1 N–H and O–H groups in total. The highest BCUT2D eigenvalue weighted by molar-refractivity contribution is 5.08. The van der Waals surface area contributed by atoms with Gasteiger partial charge in [0.15, 0.2) is 0 Å². The molecule has 1 aromatic rings. The van der Waals surface area contributed by atoms with E-state index >= 15 is 0 Å². The van der Waals surface area contributed by atoms with Crippen molar-refractivity contribution < 1.29 is 5.11 Å². The predicted molar refractivity (Wildman–Crippen MR) is 60.6 cm³/mol. The van der Waals surface area contributed by atoms with Crippen LogP contribution in [-0.4, -0.2) is 39.5 Å². The number of nitrogens with zero attached hydrogens (tertiary/aromatic N) is 3. The Labute approximate surface area is 91.5 Å². The minimum atomic E-state index is 0.265. The van der Waals surface area contributed by atoms with Crippen LogP contribution in [0.3, 0.4) is 0 Å².